The molecule has 2 heteroatoms. The summed E-state index contributed by atoms with van der Waals surface area (Å²) < 4.78 is 6.18. The molecule has 0 aliphatic carbocycles. The number of allylic oxidation sites excluding steroid dienone is 2. The van der Waals surface area contributed by atoms with Gasteiger partial charge in [0.2, 0.25) is 8.32 Å². The quantitative estimate of drug-likeness (QED) is 0.486. The number of hydrogen-bond acceptors (Lipinski definition) is 1. The molecule has 0 heterocycles. The van der Waals surface area contributed by atoms with Gasteiger partial charge >= 0.3 is 0 Å². The van der Waals surface area contributed by atoms with Crippen LogP contribution in [0.15, 0.2) is 11.8 Å². The van der Waals surface area contributed by atoms with Gasteiger partial charge < -0.3 is 4.43 Å². The van der Waals surface area contributed by atoms with E-state index in [1.54, 1.807) is 0 Å². The minimum atomic E-state index is -1.50. The van der Waals surface area contributed by atoms with Gasteiger partial charge in [-0.15, -0.1) is 0 Å². The van der Waals surface area contributed by atoms with Crippen LogP contribution in [-0.4, -0.2) is 8.32 Å². The third kappa shape index (κ3) is 7.66. The fourth-order valence-electron chi connectivity index (χ4n) is 1.12. The maximum atomic E-state index is 6.18. The first-order valence-corrected chi connectivity index (χ1v) is 9.14. The summed E-state index contributed by atoms with van der Waals surface area (Å²) in [4.78, 5) is 0. The van der Waals surface area contributed by atoms with Crippen LogP contribution in [-0.2, 0) is 4.43 Å². The summed E-state index contributed by atoms with van der Waals surface area (Å²) in [5.74, 6) is 1.15. The van der Waals surface area contributed by atoms with Crippen LogP contribution in [0.5, 0.6) is 0 Å². The number of rotatable bonds is 2. The summed E-state index contributed by atoms with van der Waals surface area (Å²) in [5.41, 5.74) is 0.288. The van der Waals surface area contributed by atoms with Crippen molar-refractivity contribution in [2.75, 3.05) is 0 Å². The van der Waals surface area contributed by atoms with E-state index in [1.807, 2.05) is 0 Å². The molecule has 0 amide bonds. The lowest BCUT2D eigenvalue weighted by Crippen LogP contribution is -2.30. The van der Waals surface area contributed by atoms with Crippen LogP contribution in [0.1, 0.15) is 41.5 Å². The SMILES string of the molecule is CC(C)(C)/C=C(\O[Si](C)(C)C)C(C)(C)C. The summed E-state index contributed by atoms with van der Waals surface area (Å²) in [7, 11) is -1.50. The Labute approximate surface area is 97.0 Å². The first kappa shape index (κ1) is 14.8. The van der Waals surface area contributed by atoms with Gasteiger partial charge in [0, 0.05) is 5.41 Å². The summed E-state index contributed by atoms with van der Waals surface area (Å²) >= 11 is 0. The maximum absolute atomic E-state index is 6.18. The molecule has 0 aromatic heterocycles. The van der Waals surface area contributed by atoms with Crippen molar-refractivity contribution >= 4 is 8.32 Å². The molecule has 0 unspecified atom stereocenters. The van der Waals surface area contributed by atoms with Crippen LogP contribution in [0.3, 0.4) is 0 Å². The molecule has 0 aliphatic heterocycles. The molecule has 0 saturated carbocycles. The average Bonchev–Trinajstić information content (AvgIpc) is 1.75. The molecule has 0 saturated heterocycles. The Kier molecular flexibility index (Phi) is 4.25. The standard InChI is InChI=1S/C13H28OSi/c1-12(2,3)10-11(13(4,5)6)14-15(7,8)9/h10H,1-9H3/b11-10-. The minimum Gasteiger partial charge on any atom is -0.547 e. The van der Waals surface area contributed by atoms with E-state index >= 15 is 0 Å². The average molecular weight is 228 g/mol. The summed E-state index contributed by atoms with van der Waals surface area (Å²) in [5, 5.41) is 0. The molecule has 90 valence electrons. The fourth-order valence-corrected chi connectivity index (χ4v) is 2.15. The smallest absolute Gasteiger partial charge is 0.241 e. The fraction of sp³-hybridized carbons (Fsp3) is 0.846. The van der Waals surface area contributed by atoms with E-state index in [0.29, 0.717) is 0 Å². The molecule has 0 aromatic rings. The molecular weight excluding hydrogens is 200 g/mol. The Morgan fingerprint density at radius 3 is 1.53 bits per heavy atom. The highest BCUT2D eigenvalue weighted by Crippen LogP contribution is 2.32. The third-order valence-corrected chi connectivity index (χ3v) is 2.55. The molecular formula is C13H28OSi. The molecule has 0 atom stereocenters. The van der Waals surface area contributed by atoms with Crippen LogP contribution >= 0.6 is 0 Å². The van der Waals surface area contributed by atoms with Crippen molar-refractivity contribution in [1.29, 1.82) is 0 Å². The van der Waals surface area contributed by atoms with Gasteiger partial charge in [-0.3, -0.25) is 0 Å². The highest BCUT2D eigenvalue weighted by Gasteiger charge is 2.27. The van der Waals surface area contributed by atoms with Crippen LogP contribution < -0.4 is 0 Å². The van der Waals surface area contributed by atoms with Crippen molar-refractivity contribution in [3.63, 3.8) is 0 Å². The Morgan fingerprint density at radius 2 is 1.33 bits per heavy atom. The molecule has 0 aliphatic rings. The Balaban J connectivity index is 5.02. The third-order valence-electron chi connectivity index (χ3n) is 1.72. The highest BCUT2D eigenvalue weighted by atomic mass is 28.4. The Bertz CT molecular complexity index is 233. The molecule has 0 spiro atoms. The molecule has 0 fully saturated rings. The molecule has 0 bridgehead atoms. The molecule has 0 aromatic carbocycles. The first-order chi connectivity index (χ1) is 6.31. The second kappa shape index (κ2) is 4.32. The van der Waals surface area contributed by atoms with Gasteiger partial charge in [-0.1, -0.05) is 41.5 Å². The lowest BCUT2D eigenvalue weighted by molar-refractivity contribution is 0.278. The van der Waals surface area contributed by atoms with E-state index in [1.165, 1.54) is 0 Å². The zero-order valence-corrected chi connectivity index (χ0v) is 13.0. The van der Waals surface area contributed by atoms with Crippen LogP contribution in [0.4, 0.5) is 0 Å². The van der Waals surface area contributed by atoms with E-state index in [0.717, 1.165) is 5.76 Å². The first-order valence-electron chi connectivity index (χ1n) is 5.74. The van der Waals surface area contributed by atoms with E-state index in [2.05, 4.69) is 67.3 Å². The van der Waals surface area contributed by atoms with Crippen LogP contribution in [0.2, 0.25) is 19.6 Å². The Morgan fingerprint density at radius 1 is 0.933 bits per heavy atom. The predicted octanol–water partition coefficient (Wildman–Crippen LogP) is 4.81. The van der Waals surface area contributed by atoms with Crippen molar-refractivity contribution in [2.45, 2.75) is 61.2 Å². The van der Waals surface area contributed by atoms with Crippen molar-refractivity contribution in [3.05, 3.63) is 11.8 Å². The van der Waals surface area contributed by atoms with Gasteiger partial charge in [-0.2, -0.15) is 0 Å². The molecule has 1 nitrogen and oxygen atoms in total. The molecule has 0 N–H and O–H groups in total. The monoisotopic (exact) mass is 228 g/mol. The van der Waals surface area contributed by atoms with Crippen LogP contribution in [0.25, 0.3) is 0 Å². The van der Waals surface area contributed by atoms with Crippen molar-refractivity contribution < 1.29 is 4.43 Å². The zero-order chi connectivity index (χ0) is 12.5. The summed E-state index contributed by atoms with van der Waals surface area (Å²) in [6.07, 6.45) is 2.27. The Hall–Kier alpha value is -0.243. The highest BCUT2D eigenvalue weighted by molar-refractivity contribution is 6.70. The van der Waals surface area contributed by atoms with E-state index in [9.17, 15) is 0 Å². The van der Waals surface area contributed by atoms with E-state index in [-0.39, 0.29) is 10.8 Å². The van der Waals surface area contributed by atoms with Gasteiger partial charge in [0.25, 0.3) is 0 Å². The molecule has 0 radical (unpaired) electrons. The molecule has 15 heavy (non-hydrogen) atoms. The summed E-state index contributed by atoms with van der Waals surface area (Å²) in [6.45, 7) is 20.0. The topological polar surface area (TPSA) is 9.23 Å². The van der Waals surface area contributed by atoms with Gasteiger partial charge in [-0.05, 0) is 31.1 Å². The maximum Gasteiger partial charge on any atom is 0.241 e. The van der Waals surface area contributed by atoms with Gasteiger partial charge in [-0.25, -0.2) is 0 Å². The second-order valence-corrected chi connectivity index (χ2v) is 11.8. The largest absolute Gasteiger partial charge is 0.547 e. The van der Waals surface area contributed by atoms with E-state index < -0.39 is 8.32 Å². The molecule has 0 rings (SSSR count). The number of hydrogen-bond donors (Lipinski definition) is 0. The van der Waals surface area contributed by atoms with Crippen LogP contribution in [0, 0.1) is 10.8 Å². The lowest BCUT2D eigenvalue weighted by Gasteiger charge is -2.32. The normalized spacial score (nSPS) is 15.4. The van der Waals surface area contributed by atoms with E-state index in [4.69, 9.17) is 4.43 Å². The minimum absolute atomic E-state index is 0.105. The second-order valence-electron chi connectivity index (χ2n) is 7.34. The lowest BCUT2D eigenvalue weighted by atomic mass is 9.87. The van der Waals surface area contributed by atoms with Crippen molar-refractivity contribution in [3.8, 4) is 0 Å². The zero-order valence-electron chi connectivity index (χ0n) is 12.0. The summed E-state index contributed by atoms with van der Waals surface area (Å²) in [6, 6.07) is 0. The van der Waals surface area contributed by atoms with Gasteiger partial charge in [0.1, 0.15) is 0 Å². The predicted molar refractivity (Wildman–Crippen MR) is 71.4 cm³/mol. The van der Waals surface area contributed by atoms with Gasteiger partial charge in [0.05, 0.1) is 5.76 Å². The van der Waals surface area contributed by atoms with Gasteiger partial charge in [0.15, 0.2) is 0 Å². The van der Waals surface area contributed by atoms with Crippen molar-refractivity contribution in [2.24, 2.45) is 10.8 Å². The van der Waals surface area contributed by atoms with Crippen molar-refractivity contribution in [1.82, 2.24) is 0 Å².